The maximum atomic E-state index is 14.7. The van der Waals surface area contributed by atoms with Gasteiger partial charge in [0.05, 0.1) is 23.7 Å². The number of aryl methyl sites for hydroxylation is 3. The number of rotatable bonds is 3. The molecule has 1 aliphatic rings. The lowest BCUT2D eigenvalue weighted by Gasteiger charge is -2.28. The first-order chi connectivity index (χ1) is 15.4. The van der Waals surface area contributed by atoms with Gasteiger partial charge in [0, 0.05) is 43.0 Å². The smallest absolute Gasteiger partial charge is 0.182 e. The van der Waals surface area contributed by atoms with Crippen molar-refractivity contribution in [2.45, 2.75) is 38.7 Å². The van der Waals surface area contributed by atoms with Crippen molar-refractivity contribution in [2.75, 3.05) is 6.61 Å². The van der Waals surface area contributed by atoms with Gasteiger partial charge in [0.2, 0.25) is 0 Å². The van der Waals surface area contributed by atoms with E-state index in [1.54, 1.807) is 10.9 Å². The summed E-state index contributed by atoms with van der Waals surface area (Å²) < 4.78 is 36.0. The maximum absolute atomic E-state index is 14.7. The van der Waals surface area contributed by atoms with E-state index in [0.29, 0.717) is 41.4 Å². The van der Waals surface area contributed by atoms with Crippen molar-refractivity contribution >= 4 is 11.2 Å². The fourth-order valence-corrected chi connectivity index (χ4v) is 4.05. The topological polar surface area (TPSA) is 78.6 Å². The van der Waals surface area contributed by atoms with E-state index in [0.717, 1.165) is 23.7 Å². The Morgan fingerprint density at radius 1 is 1.06 bits per heavy atom. The monoisotopic (exact) mass is 436 g/mol. The third kappa shape index (κ3) is 3.73. The zero-order valence-electron chi connectivity index (χ0n) is 18.0. The first-order valence-electron chi connectivity index (χ1n) is 10.5. The van der Waals surface area contributed by atoms with Crippen LogP contribution in [0.4, 0.5) is 8.78 Å². The van der Waals surface area contributed by atoms with Gasteiger partial charge in [0.15, 0.2) is 5.65 Å². The lowest BCUT2D eigenvalue weighted by molar-refractivity contribution is 0.00398. The largest absolute Gasteiger partial charge is 0.373 e. The number of benzene rings is 1. The summed E-state index contributed by atoms with van der Waals surface area (Å²) in [6.45, 7) is 4.23. The molecule has 1 fully saturated rings. The molecule has 5 rings (SSSR count). The molecule has 164 valence electrons. The first kappa shape index (κ1) is 20.6. The summed E-state index contributed by atoms with van der Waals surface area (Å²) in [6, 6.07) is 3.45. The van der Waals surface area contributed by atoms with Gasteiger partial charge in [-0.2, -0.15) is 5.10 Å². The molecule has 32 heavy (non-hydrogen) atoms. The quantitative estimate of drug-likeness (QED) is 0.475. The average Bonchev–Trinajstić information content (AvgIpc) is 3.21. The van der Waals surface area contributed by atoms with Crippen LogP contribution in [-0.4, -0.2) is 36.3 Å². The predicted molar refractivity (Wildman–Crippen MR) is 114 cm³/mol. The van der Waals surface area contributed by atoms with Crippen LogP contribution in [0.25, 0.3) is 22.4 Å². The second-order valence-electron chi connectivity index (χ2n) is 8.15. The highest BCUT2D eigenvalue weighted by Gasteiger charge is 2.29. The Balaban J connectivity index is 1.62. The van der Waals surface area contributed by atoms with Crippen LogP contribution in [0.1, 0.15) is 47.6 Å². The molecule has 1 aromatic carbocycles. The Hall–Kier alpha value is -3.33. The first-order valence-corrected chi connectivity index (χ1v) is 10.5. The Labute approximate surface area is 183 Å². The van der Waals surface area contributed by atoms with Gasteiger partial charge in [-0.25, -0.2) is 28.7 Å². The van der Waals surface area contributed by atoms with E-state index >= 15 is 0 Å². The second kappa shape index (κ2) is 7.98. The van der Waals surface area contributed by atoms with Crippen LogP contribution in [0.3, 0.4) is 0 Å². The van der Waals surface area contributed by atoms with Crippen molar-refractivity contribution in [3.05, 3.63) is 65.0 Å². The molecule has 7 nitrogen and oxygen atoms in total. The summed E-state index contributed by atoms with van der Waals surface area (Å²) in [5.41, 5.74) is 3.75. The van der Waals surface area contributed by atoms with E-state index in [9.17, 15) is 8.78 Å². The minimum absolute atomic E-state index is 0.0102. The van der Waals surface area contributed by atoms with Crippen LogP contribution >= 0.6 is 0 Å². The highest BCUT2D eigenvalue weighted by molar-refractivity contribution is 5.87. The molecule has 0 spiro atoms. The van der Waals surface area contributed by atoms with Gasteiger partial charge < -0.3 is 4.74 Å². The van der Waals surface area contributed by atoms with Gasteiger partial charge in [-0.15, -0.1) is 0 Å². The fourth-order valence-electron chi connectivity index (χ4n) is 4.05. The minimum atomic E-state index is -0.698. The van der Waals surface area contributed by atoms with Crippen molar-refractivity contribution in [1.29, 1.82) is 0 Å². The summed E-state index contributed by atoms with van der Waals surface area (Å²) in [4.78, 5) is 18.6. The molecule has 0 N–H and O–H groups in total. The van der Waals surface area contributed by atoms with Crippen LogP contribution in [-0.2, 0) is 11.8 Å². The van der Waals surface area contributed by atoms with Gasteiger partial charge in [-0.3, -0.25) is 4.68 Å². The SMILES string of the molecule is Cc1nc2nc([C@H]3CCO[C@@H](c4cnn(C)c4)C3)nc(-c3ccc(F)cc3F)c2nc1C. The van der Waals surface area contributed by atoms with Gasteiger partial charge in [0.1, 0.15) is 28.7 Å². The zero-order chi connectivity index (χ0) is 22.4. The molecule has 4 aromatic rings. The Kier molecular flexibility index (Phi) is 5.13. The maximum Gasteiger partial charge on any atom is 0.182 e. The Morgan fingerprint density at radius 2 is 1.88 bits per heavy atom. The van der Waals surface area contributed by atoms with Crippen LogP contribution in [0.2, 0.25) is 0 Å². The molecule has 0 unspecified atom stereocenters. The molecule has 0 radical (unpaired) electrons. The van der Waals surface area contributed by atoms with E-state index in [2.05, 4.69) is 15.1 Å². The molecule has 0 amide bonds. The Bertz CT molecular complexity index is 1320. The van der Waals surface area contributed by atoms with Gasteiger partial charge >= 0.3 is 0 Å². The predicted octanol–water partition coefficient (Wildman–Crippen LogP) is 4.35. The van der Waals surface area contributed by atoms with Crippen molar-refractivity contribution < 1.29 is 13.5 Å². The summed E-state index contributed by atoms with van der Waals surface area (Å²) in [5.74, 6) is -0.794. The normalized spacial score (nSPS) is 18.9. The standard InChI is InChI=1S/C23H22F2N6O/c1-12-13(2)28-23-21(27-12)20(17-5-4-16(24)9-18(17)25)29-22(30-23)14-6-7-32-19(8-14)15-10-26-31(3)11-15/h4-5,9-11,14,19H,6-8H2,1-3H3/t14-,19+/m0/s1. The van der Waals surface area contributed by atoms with Crippen molar-refractivity contribution in [3.63, 3.8) is 0 Å². The number of hydrogen-bond donors (Lipinski definition) is 0. The van der Waals surface area contributed by atoms with Gasteiger partial charge in [-0.1, -0.05) is 0 Å². The molecule has 2 atom stereocenters. The number of nitrogens with zero attached hydrogens (tertiary/aromatic N) is 6. The molecular formula is C23H22F2N6O. The number of fused-ring (bicyclic) bond motifs is 1. The number of ether oxygens (including phenoxy) is 1. The highest BCUT2D eigenvalue weighted by atomic mass is 19.1. The zero-order valence-corrected chi connectivity index (χ0v) is 18.0. The molecule has 1 aliphatic heterocycles. The van der Waals surface area contributed by atoms with Crippen molar-refractivity contribution in [3.8, 4) is 11.3 Å². The second-order valence-corrected chi connectivity index (χ2v) is 8.15. The summed E-state index contributed by atoms with van der Waals surface area (Å²) in [6.07, 6.45) is 5.00. The molecule has 4 heterocycles. The number of halogens is 2. The average molecular weight is 436 g/mol. The van der Waals surface area contributed by atoms with E-state index in [1.807, 2.05) is 27.1 Å². The van der Waals surface area contributed by atoms with Crippen LogP contribution in [0, 0.1) is 25.5 Å². The fraction of sp³-hybridized carbons (Fsp3) is 0.348. The van der Waals surface area contributed by atoms with E-state index < -0.39 is 11.6 Å². The molecule has 0 saturated carbocycles. The highest BCUT2D eigenvalue weighted by Crippen LogP contribution is 2.38. The third-order valence-electron chi connectivity index (χ3n) is 5.89. The van der Waals surface area contributed by atoms with Crippen LogP contribution in [0.5, 0.6) is 0 Å². The number of hydrogen-bond acceptors (Lipinski definition) is 6. The number of aromatic nitrogens is 6. The summed E-state index contributed by atoms with van der Waals surface area (Å²) in [5, 5.41) is 4.23. The van der Waals surface area contributed by atoms with E-state index in [-0.39, 0.29) is 17.6 Å². The van der Waals surface area contributed by atoms with E-state index in [1.165, 1.54) is 12.1 Å². The van der Waals surface area contributed by atoms with Crippen LogP contribution < -0.4 is 0 Å². The summed E-state index contributed by atoms with van der Waals surface area (Å²) >= 11 is 0. The molecule has 1 saturated heterocycles. The third-order valence-corrected chi connectivity index (χ3v) is 5.89. The van der Waals surface area contributed by atoms with Crippen molar-refractivity contribution in [2.24, 2.45) is 7.05 Å². The molecular weight excluding hydrogens is 414 g/mol. The van der Waals surface area contributed by atoms with Gasteiger partial charge in [0.25, 0.3) is 0 Å². The molecule has 9 heteroatoms. The summed E-state index contributed by atoms with van der Waals surface area (Å²) in [7, 11) is 1.86. The van der Waals surface area contributed by atoms with Crippen LogP contribution in [0.15, 0.2) is 30.6 Å². The van der Waals surface area contributed by atoms with Gasteiger partial charge in [-0.05, 0) is 38.8 Å². The minimum Gasteiger partial charge on any atom is -0.373 e. The Morgan fingerprint density at radius 3 is 2.62 bits per heavy atom. The molecule has 0 bridgehead atoms. The lowest BCUT2D eigenvalue weighted by Crippen LogP contribution is -2.20. The lowest BCUT2D eigenvalue weighted by atomic mass is 9.92. The molecule has 3 aromatic heterocycles. The van der Waals surface area contributed by atoms with Crippen molar-refractivity contribution in [1.82, 2.24) is 29.7 Å². The van der Waals surface area contributed by atoms with E-state index in [4.69, 9.17) is 14.7 Å². The molecule has 0 aliphatic carbocycles.